The van der Waals surface area contributed by atoms with E-state index < -0.39 is 0 Å². The molecule has 0 aromatic heterocycles. The van der Waals surface area contributed by atoms with Crippen molar-refractivity contribution < 1.29 is 0 Å². The Bertz CT molecular complexity index is 391. The molecule has 0 unspecified atom stereocenters. The second-order valence-corrected chi connectivity index (χ2v) is 3.29. The van der Waals surface area contributed by atoms with E-state index in [-0.39, 0.29) is 5.11 Å². The van der Waals surface area contributed by atoms with Crippen molar-refractivity contribution in [2.75, 3.05) is 11.1 Å². The van der Waals surface area contributed by atoms with Crippen LogP contribution in [0.3, 0.4) is 0 Å². The first-order chi connectivity index (χ1) is 6.72. The van der Waals surface area contributed by atoms with Crippen LogP contribution in [0.2, 0.25) is 0 Å². The number of anilines is 1. The number of hydrogen-bond donors (Lipinski definition) is 3. The van der Waals surface area contributed by atoms with Crippen molar-refractivity contribution in [2.24, 2.45) is 5.73 Å². The van der Waals surface area contributed by atoms with Gasteiger partial charge in [0.15, 0.2) is 5.11 Å². The first-order valence-electron chi connectivity index (χ1n) is 3.98. The Morgan fingerprint density at radius 2 is 2.36 bits per heavy atom. The summed E-state index contributed by atoms with van der Waals surface area (Å²) in [5.41, 5.74) is 7.11. The second-order valence-electron chi connectivity index (χ2n) is 2.53. The van der Waals surface area contributed by atoms with Gasteiger partial charge in [0.25, 0.3) is 0 Å². The molecule has 0 atom stereocenters. The molecule has 0 radical (unpaired) electrons. The van der Waals surface area contributed by atoms with E-state index in [1.54, 1.807) is 0 Å². The second kappa shape index (κ2) is 5.53. The summed E-state index contributed by atoms with van der Waals surface area (Å²) in [5.74, 6) is 6.37. The molecule has 0 aliphatic carbocycles. The molecule has 1 aromatic carbocycles. The van der Waals surface area contributed by atoms with E-state index in [0.29, 0.717) is 5.75 Å². The predicted molar refractivity (Wildman–Crippen MR) is 67.6 cm³/mol. The number of hydrogen-bond acceptors (Lipinski definition) is 2. The number of rotatable bonds is 1. The summed E-state index contributed by atoms with van der Waals surface area (Å²) in [7, 11) is 0. The minimum atomic E-state index is 0.254. The zero-order valence-electron chi connectivity index (χ0n) is 7.45. The van der Waals surface area contributed by atoms with Gasteiger partial charge in [-0.2, -0.15) is 12.6 Å². The van der Waals surface area contributed by atoms with Gasteiger partial charge in [0.1, 0.15) is 0 Å². The smallest absolute Gasteiger partial charge is 0.168 e. The Morgan fingerprint density at radius 3 is 3.00 bits per heavy atom. The fourth-order valence-electron chi connectivity index (χ4n) is 0.959. The lowest BCUT2D eigenvalue weighted by atomic mass is 10.2. The minimum Gasteiger partial charge on any atom is -0.376 e. The van der Waals surface area contributed by atoms with Gasteiger partial charge in [-0.05, 0) is 30.4 Å². The monoisotopic (exact) mass is 222 g/mol. The number of benzene rings is 1. The highest BCUT2D eigenvalue weighted by molar-refractivity contribution is 7.80. The van der Waals surface area contributed by atoms with Crippen molar-refractivity contribution in [2.45, 2.75) is 0 Å². The maximum atomic E-state index is 5.35. The highest BCUT2D eigenvalue weighted by Gasteiger charge is 1.93. The summed E-state index contributed by atoms with van der Waals surface area (Å²) in [5, 5.41) is 3.10. The zero-order valence-corrected chi connectivity index (χ0v) is 9.16. The van der Waals surface area contributed by atoms with Crippen LogP contribution in [-0.2, 0) is 0 Å². The van der Waals surface area contributed by atoms with E-state index in [1.165, 1.54) is 0 Å². The number of nitrogens with two attached hydrogens (primary N) is 1. The Hall–Kier alpha value is -1.18. The summed E-state index contributed by atoms with van der Waals surface area (Å²) in [4.78, 5) is 0. The van der Waals surface area contributed by atoms with Crippen molar-refractivity contribution in [1.29, 1.82) is 0 Å². The van der Waals surface area contributed by atoms with Gasteiger partial charge in [-0.1, -0.05) is 17.9 Å². The van der Waals surface area contributed by atoms with Gasteiger partial charge in [0.05, 0.1) is 5.75 Å². The molecule has 0 aliphatic rings. The van der Waals surface area contributed by atoms with Crippen LogP contribution in [-0.4, -0.2) is 10.9 Å². The van der Waals surface area contributed by atoms with Crippen molar-refractivity contribution >= 4 is 35.6 Å². The zero-order chi connectivity index (χ0) is 10.4. The van der Waals surface area contributed by atoms with Gasteiger partial charge in [-0.25, -0.2) is 0 Å². The van der Waals surface area contributed by atoms with Gasteiger partial charge in [0, 0.05) is 11.3 Å². The molecule has 1 aromatic rings. The molecule has 0 aliphatic heterocycles. The SMILES string of the molecule is NC(=S)Nc1cccc(C#CCS)c1. The lowest BCUT2D eigenvalue weighted by Gasteiger charge is -2.02. The summed E-state index contributed by atoms with van der Waals surface area (Å²) in [6, 6.07) is 7.57. The predicted octanol–water partition coefficient (Wildman–Crippen LogP) is 1.62. The Balaban J connectivity index is 2.84. The molecule has 0 saturated carbocycles. The molecule has 0 amide bonds. The van der Waals surface area contributed by atoms with E-state index >= 15 is 0 Å². The van der Waals surface area contributed by atoms with E-state index in [9.17, 15) is 0 Å². The van der Waals surface area contributed by atoms with Crippen LogP contribution in [0.15, 0.2) is 24.3 Å². The third-order valence-corrected chi connectivity index (χ3v) is 1.70. The average molecular weight is 222 g/mol. The highest BCUT2D eigenvalue weighted by Crippen LogP contribution is 2.09. The molecule has 0 spiro atoms. The topological polar surface area (TPSA) is 38.0 Å². The van der Waals surface area contributed by atoms with Gasteiger partial charge in [0.2, 0.25) is 0 Å². The molecule has 72 valence electrons. The average Bonchev–Trinajstić information content (AvgIpc) is 2.14. The normalized spacial score (nSPS) is 8.64. The van der Waals surface area contributed by atoms with Crippen LogP contribution in [0.5, 0.6) is 0 Å². The van der Waals surface area contributed by atoms with Crippen LogP contribution < -0.4 is 11.1 Å². The molecule has 14 heavy (non-hydrogen) atoms. The van der Waals surface area contributed by atoms with Crippen molar-refractivity contribution in [1.82, 2.24) is 0 Å². The molecule has 4 heteroatoms. The summed E-state index contributed by atoms with van der Waals surface area (Å²) in [6.07, 6.45) is 0. The van der Waals surface area contributed by atoms with Crippen molar-refractivity contribution in [3.05, 3.63) is 29.8 Å². The van der Waals surface area contributed by atoms with Gasteiger partial charge < -0.3 is 11.1 Å². The first kappa shape index (κ1) is 10.9. The minimum absolute atomic E-state index is 0.254. The largest absolute Gasteiger partial charge is 0.376 e. The summed E-state index contributed by atoms with van der Waals surface area (Å²) in [6.45, 7) is 0. The maximum absolute atomic E-state index is 5.35. The molecule has 0 fully saturated rings. The van der Waals surface area contributed by atoms with Crippen molar-refractivity contribution in [3.8, 4) is 11.8 Å². The fraction of sp³-hybridized carbons (Fsp3) is 0.100. The molecular formula is C10H10N2S2. The summed E-state index contributed by atoms with van der Waals surface area (Å²) >= 11 is 8.73. The highest BCUT2D eigenvalue weighted by atomic mass is 32.1. The third kappa shape index (κ3) is 3.69. The lowest BCUT2D eigenvalue weighted by molar-refractivity contribution is 1.58. The third-order valence-electron chi connectivity index (χ3n) is 1.44. The van der Waals surface area contributed by atoms with Crippen molar-refractivity contribution in [3.63, 3.8) is 0 Å². The molecule has 1 rings (SSSR count). The van der Waals surface area contributed by atoms with E-state index in [1.807, 2.05) is 24.3 Å². The van der Waals surface area contributed by atoms with Crippen LogP contribution in [0, 0.1) is 11.8 Å². The van der Waals surface area contributed by atoms with E-state index in [0.717, 1.165) is 11.3 Å². The molecule has 0 bridgehead atoms. The lowest BCUT2D eigenvalue weighted by Crippen LogP contribution is -2.18. The van der Waals surface area contributed by atoms with E-state index in [4.69, 9.17) is 18.0 Å². The van der Waals surface area contributed by atoms with Crippen LogP contribution in [0.4, 0.5) is 5.69 Å². The maximum Gasteiger partial charge on any atom is 0.168 e. The Morgan fingerprint density at radius 1 is 1.57 bits per heavy atom. The quantitative estimate of drug-likeness (QED) is 0.384. The summed E-state index contributed by atoms with van der Waals surface area (Å²) < 4.78 is 0. The van der Waals surface area contributed by atoms with Crippen LogP contribution in [0.25, 0.3) is 0 Å². The van der Waals surface area contributed by atoms with Crippen LogP contribution >= 0.6 is 24.8 Å². The van der Waals surface area contributed by atoms with E-state index in [2.05, 4.69) is 29.8 Å². The standard InChI is InChI=1S/C10H10N2S2/c11-10(14)12-9-5-1-3-8(7-9)4-2-6-13/h1,3,5,7,13H,6H2,(H3,11,12,14). The Labute approximate surface area is 94.3 Å². The molecular weight excluding hydrogens is 212 g/mol. The molecule has 0 heterocycles. The van der Waals surface area contributed by atoms with Gasteiger partial charge in [-0.3, -0.25) is 0 Å². The van der Waals surface area contributed by atoms with Gasteiger partial charge in [-0.15, -0.1) is 0 Å². The van der Waals surface area contributed by atoms with Crippen LogP contribution in [0.1, 0.15) is 5.56 Å². The first-order valence-corrected chi connectivity index (χ1v) is 5.02. The molecule has 3 N–H and O–H groups in total. The number of thiol groups is 1. The Kier molecular flexibility index (Phi) is 4.30. The number of nitrogens with one attached hydrogen (secondary N) is 1. The molecule has 2 nitrogen and oxygen atoms in total. The number of thiocarbonyl (C=S) groups is 1. The fourth-order valence-corrected chi connectivity index (χ4v) is 1.16. The van der Waals surface area contributed by atoms with Gasteiger partial charge >= 0.3 is 0 Å². The molecule has 0 saturated heterocycles.